The molecule has 0 aliphatic carbocycles. The first-order valence-electron chi connectivity index (χ1n) is 10.6. The van der Waals surface area contributed by atoms with Crippen molar-refractivity contribution < 1.29 is 4.79 Å². The Balaban J connectivity index is 1.64. The maximum atomic E-state index is 13.1. The van der Waals surface area contributed by atoms with Crippen molar-refractivity contribution in [2.75, 3.05) is 39.1 Å². The van der Waals surface area contributed by atoms with Crippen LogP contribution >= 0.6 is 11.6 Å². The van der Waals surface area contributed by atoms with Crippen molar-refractivity contribution in [3.63, 3.8) is 0 Å². The summed E-state index contributed by atoms with van der Waals surface area (Å²) >= 11 is 6.54. The van der Waals surface area contributed by atoms with Crippen LogP contribution in [0, 0.1) is 0 Å². The van der Waals surface area contributed by atoms with Crippen molar-refractivity contribution in [3.05, 3.63) is 53.4 Å². The Hall–Kier alpha value is -3.40. The molecule has 9 nitrogen and oxygen atoms in total. The molecule has 168 valence electrons. The molecule has 1 aromatic carbocycles. The summed E-state index contributed by atoms with van der Waals surface area (Å²) in [6, 6.07) is 9.33. The van der Waals surface area contributed by atoms with Gasteiger partial charge in [-0.05, 0) is 31.3 Å². The first-order valence-corrected chi connectivity index (χ1v) is 10.9. The molecule has 3 aromatic heterocycles. The number of aromatic nitrogens is 5. The molecule has 1 aliphatic rings. The summed E-state index contributed by atoms with van der Waals surface area (Å²) in [5, 5.41) is 5.82. The van der Waals surface area contributed by atoms with Crippen molar-refractivity contribution >= 4 is 34.1 Å². The summed E-state index contributed by atoms with van der Waals surface area (Å²) in [5.41, 5.74) is 9.40. The lowest BCUT2D eigenvalue weighted by Crippen LogP contribution is -2.30. The average molecular weight is 463 g/mol. The minimum atomic E-state index is -0.169. The number of anilines is 1. The second-order valence-corrected chi connectivity index (χ2v) is 8.67. The van der Waals surface area contributed by atoms with E-state index in [1.807, 2.05) is 44.6 Å². The van der Waals surface area contributed by atoms with Gasteiger partial charge in [0.2, 0.25) is 0 Å². The number of carbonyl (C=O) groups excluding carboxylic acids is 1. The third kappa shape index (κ3) is 4.18. The van der Waals surface area contributed by atoms with Gasteiger partial charge in [0.1, 0.15) is 11.4 Å². The average Bonchev–Trinajstić information content (AvgIpc) is 3.41. The molecule has 0 amide bonds. The summed E-state index contributed by atoms with van der Waals surface area (Å²) in [6.07, 6.45) is 3.51. The number of nitrogens with zero attached hydrogens (tertiary/aromatic N) is 7. The van der Waals surface area contributed by atoms with Gasteiger partial charge in [-0.2, -0.15) is 5.10 Å². The van der Waals surface area contributed by atoms with E-state index < -0.39 is 0 Å². The molecule has 0 spiro atoms. The number of nitrogen functional groups attached to an aromatic ring is 1. The number of rotatable bonds is 5. The number of fused-ring (bicyclic) bond motifs is 1. The van der Waals surface area contributed by atoms with Crippen molar-refractivity contribution in [2.45, 2.75) is 0 Å². The molecule has 0 radical (unpaired) electrons. The molecule has 4 aromatic rings. The van der Waals surface area contributed by atoms with Crippen LogP contribution in [0.3, 0.4) is 0 Å². The number of benzene rings is 1. The molecule has 0 saturated carbocycles. The number of nitrogens with two attached hydrogens (primary N) is 1. The lowest BCUT2D eigenvalue weighted by Gasteiger charge is -2.16. The van der Waals surface area contributed by atoms with Crippen molar-refractivity contribution in [1.29, 1.82) is 0 Å². The lowest BCUT2D eigenvalue weighted by atomic mass is 10.0. The highest BCUT2D eigenvalue weighted by Crippen LogP contribution is 2.34. The fourth-order valence-corrected chi connectivity index (χ4v) is 4.34. The summed E-state index contributed by atoms with van der Waals surface area (Å²) < 4.78 is 1.68. The molecular weight excluding hydrogens is 440 g/mol. The van der Waals surface area contributed by atoms with Gasteiger partial charge in [-0.3, -0.25) is 24.3 Å². The maximum absolute atomic E-state index is 13.1. The SMILES string of the molecule is CN1CCN(CC(=O)c2nc(-c3cc(Cl)c4ncccc4c3)c(-c3ccn(C)n3)nc2N)C1. The van der Waals surface area contributed by atoms with Crippen LogP contribution in [0.4, 0.5) is 5.82 Å². The molecule has 0 atom stereocenters. The normalized spacial score (nSPS) is 14.9. The van der Waals surface area contributed by atoms with E-state index in [-0.39, 0.29) is 23.8 Å². The van der Waals surface area contributed by atoms with Crippen molar-refractivity contribution in [3.8, 4) is 22.6 Å². The van der Waals surface area contributed by atoms with Crippen LogP contribution < -0.4 is 5.73 Å². The fourth-order valence-electron chi connectivity index (χ4n) is 4.06. The predicted molar refractivity (Wildman–Crippen MR) is 128 cm³/mol. The summed E-state index contributed by atoms with van der Waals surface area (Å²) in [5.74, 6) is -0.0804. The highest BCUT2D eigenvalue weighted by atomic mass is 35.5. The summed E-state index contributed by atoms with van der Waals surface area (Å²) in [4.78, 5) is 31.0. The van der Waals surface area contributed by atoms with E-state index in [0.29, 0.717) is 33.2 Å². The molecule has 10 heteroatoms. The van der Waals surface area contributed by atoms with Crippen LogP contribution in [0.1, 0.15) is 10.5 Å². The van der Waals surface area contributed by atoms with Crippen LogP contribution in [0.5, 0.6) is 0 Å². The van der Waals surface area contributed by atoms with Gasteiger partial charge in [0.15, 0.2) is 17.3 Å². The van der Waals surface area contributed by atoms with Crippen LogP contribution in [-0.4, -0.2) is 73.7 Å². The van der Waals surface area contributed by atoms with Gasteiger partial charge in [-0.25, -0.2) is 9.97 Å². The first kappa shape index (κ1) is 21.4. The minimum absolute atomic E-state index is 0.0884. The minimum Gasteiger partial charge on any atom is -0.382 e. The number of carbonyl (C=O) groups is 1. The van der Waals surface area contributed by atoms with E-state index in [2.05, 4.69) is 24.9 Å². The first-order chi connectivity index (χ1) is 15.9. The zero-order valence-corrected chi connectivity index (χ0v) is 19.1. The second kappa shape index (κ2) is 8.51. The highest BCUT2D eigenvalue weighted by Gasteiger charge is 2.25. The van der Waals surface area contributed by atoms with Gasteiger partial charge in [-0.15, -0.1) is 0 Å². The molecule has 2 N–H and O–H groups in total. The molecule has 5 rings (SSSR count). The van der Waals surface area contributed by atoms with Crippen LogP contribution in [0.25, 0.3) is 33.5 Å². The molecular formula is C23H23ClN8O. The lowest BCUT2D eigenvalue weighted by molar-refractivity contribution is 0.0933. The Bertz CT molecular complexity index is 1370. The Kier molecular flexibility index (Phi) is 5.53. The van der Waals surface area contributed by atoms with E-state index in [4.69, 9.17) is 22.3 Å². The second-order valence-electron chi connectivity index (χ2n) is 8.26. The van der Waals surface area contributed by atoms with E-state index in [1.54, 1.807) is 16.9 Å². The van der Waals surface area contributed by atoms with Crippen molar-refractivity contribution in [2.24, 2.45) is 7.05 Å². The number of Topliss-reactive ketones (excluding diaryl/α,β-unsaturated/α-hetero) is 1. The predicted octanol–water partition coefficient (Wildman–Crippen LogP) is 2.72. The number of ketones is 1. The van der Waals surface area contributed by atoms with E-state index in [1.165, 1.54) is 0 Å². The molecule has 1 fully saturated rings. The number of halogens is 1. The zero-order chi connectivity index (χ0) is 23.1. The number of hydrogen-bond donors (Lipinski definition) is 1. The molecule has 0 unspecified atom stereocenters. The quantitative estimate of drug-likeness (QED) is 0.451. The third-order valence-electron chi connectivity index (χ3n) is 5.68. The molecule has 1 saturated heterocycles. The summed E-state index contributed by atoms with van der Waals surface area (Å²) in [6.45, 7) is 2.70. The number of aryl methyl sites for hydroxylation is 1. The Labute approximate surface area is 195 Å². The van der Waals surface area contributed by atoms with Gasteiger partial charge in [0.25, 0.3) is 0 Å². The van der Waals surface area contributed by atoms with E-state index in [0.717, 1.165) is 25.1 Å². The van der Waals surface area contributed by atoms with E-state index >= 15 is 0 Å². The summed E-state index contributed by atoms with van der Waals surface area (Å²) in [7, 11) is 3.85. The van der Waals surface area contributed by atoms with Gasteiger partial charge in [0.05, 0.1) is 29.4 Å². The number of likely N-dealkylation sites (N-methyl/N-ethyl adjacent to an activating group) is 1. The Morgan fingerprint density at radius 1 is 1.15 bits per heavy atom. The van der Waals surface area contributed by atoms with Gasteiger partial charge in [0, 0.05) is 43.5 Å². The molecule has 0 bridgehead atoms. The Morgan fingerprint density at radius 3 is 2.73 bits per heavy atom. The standard InChI is InChI=1S/C23H23ClN8O/c1-30-8-9-32(13-30)12-18(33)22-23(25)28-21(17-5-7-31(2)29-17)20(27-22)15-10-14-4-3-6-26-19(14)16(24)11-15/h3-7,10-11H,8-9,12-13H2,1-2H3,(H2,25,28). The third-order valence-corrected chi connectivity index (χ3v) is 5.97. The van der Waals surface area contributed by atoms with E-state index in [9.17, 15) is 4.79 Å². The number of pyridine rings is 1. The molecule has 4 heterocycles. The fraction of sp³-hybridized carbons (Fsp3) is 0.261. The van der Waals surface area contributed by atoms with Gasteiger partial charge in [-0.1, -0.05) is 17.7 Å². The van der Waals surface area contributed by atoms with Crippen LogP contribution in [-0.2, 0) is 7.05 Å². The zero-order valence-electron chi connectivity index (χ0n) is 18.4. The smallest absolute Gasteiger partial charge is 0.198 e. The van der Waals surface area contributed by atoms with Gasteiger partial charge >= 0.3 is 0 Å². The number of hydrogen-bond acceptors (Lipinski definition) is 8. The highest BCUT2D eigenvalue weighted by molar-refractivity contribution is 6.35. The molecule has 33 heavy (non-hydrogen) atoms. The largest absolute Gasteiger partial charge is 0.382 e. The monoisotopic (exact) mass is 462 g/mol. The topological polar surface area (TPSA) is 106 Å². The molecule has 1 aliphatic heterocycles. The van der Waals surface area contributed by atoms with Crippen molar-refractivity contribution in [1.82, 2.24) is 34.5 Å². The van der Waals surface area contributed by atoms with Gasteiger partial charge < -0.3 is 5.73 Å². The Morgan fingerprint density at radius 2 is 2.00 bits per heavy atom. The maximum Gasteiger partial charge on any atom is 0.198 e. The van der Waals surface area contributed by atoms with Crippen LogP contribution in [0.2, 0.25) is 5.02 Å². The van der Waals surface area contributed by atoms with Crippen LogP contribution in [0.15, 0.2) is 42.7 Å².